The molecule has 0 fully saturated rings. The standard InChI is InChI=1S/C26H36BrN3O5S/c1-6-19(2)28-26(32)20(3)29(18-21-11-9-12-22(27)17-21)25(31)15-10-16-30(36(5,33)34)23-13-7-8-14-24(23)35-4/h7-9,11-14,17,19-20H,6,10,15-16,18H2,1-5H3,(H,28,32)/t19-,20+/m1/s1. The number of nitrogens with one attached hydrogen (secondary N) is 1. The molecule has 0 saturated carbocycles. The van der Waals surface area contributed by atoms with Crippen LogP contribution in [0.3, 0.4) is 0 Å². The minimum atomic E-state index is -3.61. The van der Waals surface area contributed by atoms with Crippen molar-refractivity contribution in [2.45, 2.75) is 58.7 Å². The summed E-state index contributed by atoms with van der Waals surface area (Å²) in [5.74, 6) is -0.0180. The highest BCUT2D eigenvalue weighted by atomic mass is 79.9. The van der Waals surface area contributed by atoms with Crippen LogP contribution in [0.25, 0.3) is 0 Å². The maximum Gasteiger partial charge on any atom is 0.242 e. The molecule has 0 aliphatic carbocycles. The van der Waals surface area contributed by atoms with E-state index in [1.54, 1.807) is 36.1 Å². The zero-order valence-electron chi connectivity index (χ0n) is 21.5. The maximum atomic E-state index is 13.4. The van der Waals surface area contributed by atoms with Crippen LogP contribution in [-0.2, 0) is 26.2 Å². The molecule has 198 valence electrons. The van der Waals surface area contributed by atoms with E-state index in [2.05, 4.69) is 21.2 Å². The van der Waals surface area contributed by atoms with Crippen LogP contribution >= 0.6 is 15.9 Å². The third-order valence-corrected chi connectivity index (χ3v) is 7.59. The van der Waals surface area contributed by atoms with Gasteiger partial charge in [-0.2, -0.15) is 0 Å². The van der Waals surface area contributed by atoms with E-state index in [0.717, 1.165) is 22.7 Å². The van der Waals surface area contributed by atoms with Crippen LogP contribution < -0.4 is 14.4 Å². The highest BCUT2D eigenvalue weighted by molar-refractivity contribution is 9.10. The van der Waals surface area contributed by atoms with Crippen LogP contribution in [0.15, 0.2) is 53.0 Å². The Bertz CT molecular complexity index is 1140. The molecule has 0 unspecified atom stereocenters. The van der Waals surface area contributed by atoms with E-state index < -0.39 is 16.1 Å². The van der Waals surface area contributed by atoms with Crippen molar-refractivity contribution in [3.05, 3.63) is 58.6 Å². The number of nitrogens with zero attached hydrogens (tertiary/aromatic N) is 2. The number of benzene rings is 2. The molecule has 0 spiro atoms. The number of hydrogen-bond acceptors (Lipinski definition) is 5. The Morgan fingerprint density at radius 3 is 2.42 bits per heavy atom. The quantitative estimate of drug-likeness (QED) is 0.379. The van der Waals surface area contributed by atoms with Gasteiger partial charge < -0.3 is 15.0 Å². The number of rotatable bonds is 13. The first-order valence-corrected chi connectivity index (χ1v) is 14.6. The highest BCUT2D eigenvalue weighted by Gasteiger charge is 2.27. The van der Waals surface area contributed by atoms with Crippen LogP contribution in [0, 0.1) is 0 Å². The Labute approximate surface area is 223 Å². The lowest BCUT2D eigenvalue weighted by Gasteiger charge is -2.30. The number of carbonyl (C=O) groups is 2. The van der Waals surface area contributed by atoms with Gasteiger partial charge in [0.05, 0.1) is 19.1 Å². The van der Waals surface area contributed by atoms with Crippen molar-refractivity contribution < 1.29 is 22.7 Å². The largest absolute Gasteiger partial charge is 0.495 e. The number of anilines is 1. The zero-order valence-corrected chi connectivity index (χ0v) is 23.9. The molecule has 0 aromatic heterocycles. The summed E-state index contributed by atoms with van der Waals surface area (Å²) in [5, 5.41) is 2.95. The lowest BCUT2D eigenvalue weighted by Crippen LogP contribution is -2.49. The second-order valence-electron chi connectivity index (χ2n) is 8.76. The predicted molar refractivity (Wildman–Crippen MR) is 146 cm³/mol. The molecule has 36 heavy (non-hydrogen) atoms. The van der Waals surface area contributed by atoms with Crippen molar-refractivity contribution in [1.82, 2.24) is 10.2 Å². The number of methoxy groups -OCH3 is 1. The van der Waals surface area contributed by atoms with E-state index >= 15 is 0 Å². The Kier molecular flexibility index (Phi) is 11.2. The van der Waals surface area contributed by atoms with E-state index in [9.17, 15) is 18.0 Å². The predicted octanol–water partition coefficient (Wildman–Crippen LogP) is 4.34. The van der Waals surface area contributed by atoms with Gasteiger partial charge in [-0.05, 0) is 56.5 Å². The Hall–Kier alpha value is -2.59. The second-order valence-corrected chi connectivity index (χ2v) is 11.6. The van der Waals surface area contributed by atoms with Gasteiger partial charge >= 0.3 is 0 Å². The van der Waals surface area contributed by atoms with Crippen molar-refractivity contribution in [3.63, 3.8) is 0 Å². The summed E-state index contributed by atoms with van der Waals surface area (Å²) >= 11 is 3.45. The Morgan fingerprint density at radius 2 is 1.81 bits per heavy atom. The fraction of sp³-hybridized carbons (Fsp3) is 0.462. The maximum absolute atomic E-state index is 13.4. The molecule has 2 rings (SSSR count). The molecule has 10 heteroatoms. The van der Waals surface area contributed by atoms with E-state index in [1.807, 2.05) is 38.1 Å². The number of sulfonamides is 1. The molecule has 2 aromatic rings. The van der Waals surface area contributed by atoms with E-state index in [-0.39, 0.29) is 43.8 Å². The summed E-state index contributed by atoms with van der Waals surface area (Å²) in [5.41, 5.74) is 1.30. The third kappa shape index (κ3) is 8.51. The van der Waals surface area contributed by atoms with Crippen molar-refractivity contribution in [2.75, 3.05) is 24.2 Å². The van der Waals surface area contributed by atoms with Gasteiger partial charge in [0.15, 0.2) is 0 Å². The summed E-state index contributed by atoms with van der Waals surface area (Å²) in [7, 11) is -2.13. The van der Waals surface area contributed by atoms with Gasteiger partial charge in [0.1, 0.15) is 11.8 Å². The first-order chi connectivity index (χ1) is 17.0. The fourth-order valence-corrected chi connectivity index (χ4v) is 5.11. The normalized spacial score (nSPS) is 12.9. The molecule has 1 N–H and O–H groups in total. The smallest absolute Gasteiger partial charge is 0.242 e. The number of para-hydroxylation sites is 2. The van der Waals surface area contributed by atoms with Gasteiger partial charge in [-0.15, -0.1) is 0 Å². The first kappa shape index (κ1) is 29.6. The average molecular weight is 583 g/mol. The molecule has 0 heterocycles. The second kappa shape index (κ2) is 13.6. The van der Waals surface area contributed by atoms with Gasteiger partial charge in [-0.3, -0.25) is 13.9 Å². The van der Waals surface area contributed by atoms with E-state index in [1.165, 1.54) is 11.4 Å². The molecule has 0 bridgehead atoms. The minimum absolute atomic E-state index is 0.00746. The minimum Gasteiger partial charge on any atom is -0.495 e. The zero-order chi connectivity index (χ0) is 26.9. The summed E-state index contributed by atoms with van der Waals surface area (Å²) in [6.45, 7) is 5.97. The molecule has 0 saturated heterocycles. The number of carbonyl (C=O) groups excluding carboxylic acids is 2. The average Bonchev–Trinajstić information content (AvgIpc) is 2.83. The first-order valence-electron chi connectivity index (χ1n) is 11.9. The molecule has 0 radical (unpaired) electrons. The van der Waals surface area contributed by atoms with Gasteiger partial charge in [0.25, 0.3) is 0 Å². The van der Waals surface area contributed by atoms with Crippen LogP contribution in [0.4, 0.5) is 5.69 Å². The summed E-state index contributed by atoms with van der Waals surface area (Å²) in [6, 6.07) is 13.7. The van der Waals surface area contributed by atoms with Gasteiger partial charge in [0.2, 0.25) is 21.8 Å². The summed E-state index contributed by atoms with van der Waals surface area (Å²) in [6.07, 6.45) is 2.26. The van der Waals surface area contributed by atoms with Crippen molar-refractivity contribution in [3.8, 4) is 5.75 Å². The summed E-state index contributed by atoms with van der Waals surface area (Å²) < 4.78 is 32.5. The monoisotopic (exact) mass is 581 g/mol. The number of amides is 2. The molecule has 8 nitrogen and oxygen atoms in total. The van der Waals surface area contributed by atoms with Crippen LogP contribution in [0.5, 0.6) is 5.75 Å². The topological polar surface area (TPSA) is 96.0 Å². The van der Waals surface area contributed by atoms with Gasteiger partial charge in [-0.25, -0.2) is 8.42 Å². The molecular weight excluding hydrogens is 546 g/mol. The molecule has 0 aliphatic heterocycles. The van der Waals surface area contributed by atoms with Crippen molar-refractivity contribution in [1.29, 1.82) is 0 Å². The van der Waals surface area contributed by atoms with Crippen LogP contribution in [-0.4, -0.2) is 57.1 Å². The van der Waals surface area contributed by atoms with Gasteiger partial charge in [0, 0.05) is 30.0 Å². The molecule has 2 amide bonds. The molecule has 0 aliphatic rings. The number of ether oxygens (including phenoxy) is 1. The fourth-order valence-electron chi connectivity index (χ4n) is 3.70. The molecule has 2 atom stereocenters. The van der Waals surface area contributed by atoms with Gasteiger partial charge in [-0.1, -0.05) is 47.1 Å². The van der Waals surface area contributed by atoms with Crippen LogP contribution in [0.1, 0.15) is 45.6 Å². The van der Waals surface area contributed by atoms with Crippen molar-refractivity contribution >= 4 is 43.5 Å². The SMILES string of the molecule is CC[C@@H](C)NC(=O)[C@H](C)N(Cc1cccc(Br)c1)C(=O)CCCN(c1ccccc1OC)S(C)(=O)=O. The Balaban J connectivity index is 2.20. The van der Waals surface area contributed by atoms with E-state index in [4.69, 9.17) is 4.74 Å². The Morgan fingerprint density at radius 1 is 1.11 bits per heavy atom. The molecular formula is C26H36BrN3O5S. The lowest BCUT2D eigenvalue weighted by molar-refractivity contribution is -0.140. The van der Waals surface area contributed by atoms with Crippen molar-refractivity contribution in [2.24, 2.45) is 0 Å². The third-order valence-electron chi connectivity index (χ3n) is 5.92. The number of hydrogen-bond donors (Lipinski definition) is 1. The summed E-state index contributed by atoms with van der Waals surface area (Å²) in [4.78, 5) is 27.8. The number of halogens is 1. The highest BCUT2D eigenvalue weighted by Crippen LogP contribution is 2.29. The van der Waals surface area contributed by atoms with Crippen LogP contribution in [0.2, 0.25) is 0 Å². The molecule has 2 aromatic carbocycles. The lowest BCUT2D eigenvalue weighted by atomic mass is 10.1. The van der Waals surface area contributed by atoms with E-state index in [0.29, 0.717) is 11.4 Å².